The highest BCUT2D eigenvalue weighted by molar-refractivity contribution is 5.82. The van der Waals surface area contributed by atoms with E-state index < -0.39 is 10.5 Å². The number of hydrogen-bond donors (Lipinski definition) is 2. The monoisotopic (exact) mass is 394 g/mol. The largest absolute Gasteiger partial charge is 0.487 e. The molecule has 1 heterocycles. The normalized spacial score (nSPS) is 10.8. The molecule has 10 heteroatoms. The Kier molecular flexibility index (Phi) is 6.25. The zero-order chi connectivity index (χ0) is 20.6. The van der Waals surface area contributed by atoms with E-state index in [0.29, 0.717) is 17.7 Å². The molecule has 3 rings (SSSR count). The van der Waals surface area contributed by atoms with E-state index in [1.54, 1.807) is 30.3 Å². The molecule has 0 radical (unpaired) electrons. The Labute approximate surface area is 165 Å². The Bertz CT molecular complexity index is 1080. The zero-order valence-electron chi connectivity index (χ0n) is 15.5. The number of aromatic nitrogens is 3. The summed E-state index contributed by atoms with van der Waals surface area (Å²) in [6, 6.07) is 13.4. The van der Waals surface area contributed by atoms with Crippen molar-refractivity contribution in [1.29, 1.82) is 0 Å². The molecule has 0 spiro atoms. The van der Waals surface area contributed by atoms with Crippen molar-refractivity contribution in [3.63, 3.8) is 0 Å². The summed E-state index contributed by atoms with van der Waals surface area (Å²) in [5, 5.41) is 23.0. The maximum absolute atomic E-state index is 12.2. The van der Waals surface area contributed by atoms with Crippen LogP contribution in [0.25, 0.3) is 11.3 Å². The molecule has 0 amide bonds. The van der Waals surface area contributed by atoms with E-state index in [-0.39, 0.29) is 23.1 Å². The summed E-state index contributed by atoms with van der Waals surface area (Å²) in [6.07, 6.45) is 2.11. The van der Waals surface area contributed by atoms with Gasteiger partial charge in [0.1, 0.15) is 0 Å². The third kappa shape index (κ3) is 5.01. The van der Waals surface area contributed by atoms with Crippen LogP contribution >= 0.6 is 0 Å². The van der Waals surface area contributed by atoms with Crippen LogP contribution in [0.1, 0.15) is 18.9 Å². The van der Waals surface area contributed by atoms with Crippen molar-refractivity contribution in [3.8, 4) is 17.0 Å². The van der Waals surface area contributed by atoms with Crippen LogP contribution in [0.3, 0.4) is 0 Å². The topological polar surface area (TPSA) is 135 Å². The minimum absolute atomic E-state index is 0.0448. The predicted octanol–water partition coefficient (Wildman–Crippen LogP) is 2.97. The lowest BCUT2D eigenvalue weighted by molar-refractivity contribution is -0.385. The molecule has 3 aromatic rings. The van der Waals surface area contributed by atoms with Gasteiger partial charge in [0.2, 0.25) is 5.95 Å². The number of nitro groups is 1. The van der Waals surface area contributed by atoms with Crippen LogP contribution < -0.4 is 15.7 Å². The number of anilines is 1. The van der Waals surface area contributed by atoms with E-state index in [0.717, 1.165) is 6.42 Å². The molecule has 2 aromatic carbocycles. The lowest BCUT2D eigenvalue weighted by atomic mass is 10.2. The average Bonchev–Trinajstić information content (AvgIpc) is 2.73. The van der Waals surface area contributed by atoms with E-state index in [2.05, 4.69) is 25.7 Å². The predicted molar refractivity (Wildman–Crippen MR) is 108 cm³/mol. The summed E-state index contributed by atoms with van der Waals surface area (Å²) in [5.41, 5.74) is 3.30. The highest BCUT2D eigenvalue weighted by Gasteiger charge is 2.15. The molecule has 0 saturated carbocycles. The Morgan fingerprint density at radius 2 is 2.03 bits per heavy atom. The third-order valence-electron chi connectivity index (χ3n) is 3.77. The standard InChI is InChI=1S/C19H18N6O4/c1-2-10-29-16-9-8-13(11-15(16)25(27)28)12-20-23-19-21-18(26)17(22-24-19)14-6-4-3-5-7-14/h3-9,11-12H,2,10H2,1H3,(H2,21,23,24,26)/b20-12+. The first-order valence-corrected chi connectivity index (χ1v) is 8.81. The summed E-state index contributed by atoms with van der Waals surface area (Å²) >= 11 is 0. The molecule has 0 aliphatic rings. The van der Waals surface area contributed by atoms with Crippen LogP contribution in [0.5, 0.6) is 5.75 Å². The van der Waals surface area contributed by atoms with Gasteiger partial charge in [-0.25, -0.2) is 5.43 Å². The number of hydrogen-bond acceptors (Lipinski definition) is 8. The highest BCUT2D eigenvalue weighted by atomic mass is 16.6. The minimum atomic E-state index is -0.513. The van der Waals surface area contributed by atoms with Crippen molar-refractivity contribution in [2.45, 2.75) is 13.3 Å². The lowest BCUT2D eigenvalue weighted by Crippen LogP contribution is -2.15. The SMILES string of the molecule is CCCOc1ccc(/C=N/Nc2nnc(-c3ccccc3)c(=O)[nH]2)cc1[N+](=O)[O-]. The molecule has 0 fully saturated rings. The number of rotatable bonds is 8. The highest BCUT2D eigenvalue weighted by Crippen LogP contribution is 2.27. The first-order valence-electron chi connectivity index (χ1n) is 8.81. The number of H-pyrrole nitrogens is 1. The van der Waals surface area contributed by atoms with Crippen LogP contribution in [0, 0.1) is 10.1 Å². The summed E-state index contributed by atoms with van der Waals surface area (Å²) in [6.45, 7) is 2.30. The van der Waals surface area contributed by atoms with Gasteiger partial charge in [-0.05, 0) is 18.6 Å². The second-order valence-electron chi connectivity index (χ2n) is 5.92. The molecular weight excluding hydrogens is 376 g/mol. The number of hydrazone groups is 1. The number of nitrogens with zero attached hydrogens (tertiary/aromatic N) is 4. The number of ether oxygens (including phenoxy) is 1. The fourth-order valence-corrected chi connectivity index (χ4v) is 2.43. The van der Waals surface area contributed by atoms with Crippen LogP contribution in [0.2, 0.25) is 0 Å². The van der Waals surface area contributed by atoms with Crippen molar-refractivity contribution < 1.29 is 9.66 Å². The molecule has 10 nitrogen and oxygen atoms in total. The Hall–Kier alpha value is -4.08. The maximum atomic E-state index is 12.2. The number of benzene rings is 2. The fourth-order valence-electron chi connectivity index (χ4n) is 2.43. The fraction of sp³-hybridized carbons (Fsp3) is 0.158. The van der Waals surface area contributed by atoms with E-state index in [4.69, 9.17) is 4.74 Å². The van der Waals surface area contributed by atoms with Crippen molar-refractivity contribution in [1.82, 2.24) is 15.2 Å². The van der Waals surface area contributed by atoms with Gasteiger partial charge in [-0.1, -0.05) is 37.3 Å². The maximum Gasteiger partial charge on any atom is 0.311 e. The number of aromatic amines is 1. The van der Waals surface area contributed by atoms with E-state index in [1.165, 1.54) is 18.3 Å². The summed E-state index contributed by atoms with van der Waals surface area (Å²) < 4.78 is 5.38. The van der Waals surface area contributed by atoms with Crippen molar-refractivity contribution in [3.05, 3.63) is 74.6 Å². The second-order valence-corrected chi connectivity index (χ2v) is 5.92. The Balaban J connectivity index is 1.73. The molecule has 1 aromatic heterocycles. The molecule has 0 aliphatic carbocycles. The van der Waals surface area contributed by atoms with Crippen LogP contribution in [0.15, 0.2) is 58.4 Å². The van der Waals surface area contributed by atoms with Crippen molar-refractivity contribution in [2.75, 3.05) is 12.0 Å². The Morgan fingerprint density at radius 1 is 1.24 bits per heavy atom. The average molecular weight is 394 g/mol. The van der Waals surface area contributed by atoms with Crippen LogP contribution in [0.4, 0.5) is 11.6 Å². The van der Waals surface area contributed by atoms with Gasteiger partial charge in [0, 0.05) is 17.2 Å². The van der Waals surface area contributed by atoms with Gasteiger partial charge >= 0.3 is 5.69 Å². The molecule has 0 unspecified atom stereocenters. The molecule has 0 aliphatic heterocycles. The van der Waals surface area contributed by atoms with Crippen molar-refractivity contribution >= 4 is 17.9 Å². The van der Waals surface area contributed by atoms with Crippen LogP contribution in [-0.4, -0.2) is 32.9 Å². The van der Waals surface area contributed by atoms with Gasteiger partial charge < -0.3 is 4.74 Å². The van der Waals surface area contributed by atoms with E-state index in [1.807, 2.05) is 13.0 Å². The Morgan fingerprint density at radius 3 is 2.72 bits per heavy atom. The number of nitro benzene ring substituents is 1. The molecular formula is C19H18N6O4. The molecule has 29 heavy (non-hydrogen) atoms. The molecule has 148 valence electrons. The van der Waals surface area contributed by atoms with E-state index >= 15 is 0 Å². The zero-order valence-corrected chi connectivity index (χ0v) is 15.5. The van der Waals surface area contributed by atoms with Gasteiger partial charge in [0.25, 0.3) is 5.56 Å². The number of nitrogens with one attached hydrogen (secondary N) is 2. The van der Waals surface area contributed by atoms with E-state index in [9.17, 15) is 14.9 Å². The van der Waals surface area contributed by atoms with Gasteiger partial charge in [-0.15, -0.1) is 10.2 Å². The lowest BCUT2D eigenvalue weighted by Gasteiger charge is -2.05. The quantitative estimate of drug-likeness (QED) is 0.340. The minimum Gasteiger partial charge on any atom is -0.487 e. The molecule has 0 saturated heterocycles. The van der Waals surface area contributed by atoms with Gasteiger partial charge in [-0.2, -0.15) is 5.10 Å². The smallest absolute Gasteiger partial charge is 0.311 e. The van der Waals surface area contributed by atoms with Gasteiger partial charge in [0.05, 0.1) is 17.7 Å². The first-order chi connectivity index (χ1) is 14.1. The van der Waals surface area contributed by atoms with Gasteiger partial charge in [-0.3, -0.25) is 19.9 Å². The van der Waals surface area contributed by atoms with Crippen molar-refractivity contribution in [2.24, 2.45) is 5.10 Å². The summed E-state index contributed by atoms with van der Waals surface area (Å²) in [7, 11) is 0. The molecule has 2 N–H and O–H groups in total. The first kappa shape index (κ1) is 19.7. The molecule has 0 atom stereocenters. The van der Waals surface area contributed by atoms with Gasteiger partial charge in [0.15, 0.2) is 11.4 Å². The molecule has 0 bridgehead atoms. The van der Waals surface area contributed by atoms with Crippen LogP contribution in [-0.2, 0) is 0 Å². The third-order valence-corrected chi connectivity index (χ3v) is 3.77. The summed E-state index contributed by atoms with van der Waals surface area (Å²) in [5.74, 6) is 0.247. The second kappa shape index (κ2) is 9.22. The summed E-state index contributed by atoms with van der Waals surface area (Å²) in [4.78, 5) is 25.4.